The Labute approximate surface area is 124 Å². The van der Waals surface area contributed by atoms with Crippen molar-refractivity contribution in [3.63, 3.8) is 0 Å². The maximum absolute atomic E-state index is 6.09. The molecular formula is C16H21ClN2O. The lowest BCUT2D eigenvalue weighted by Gasteiger charge is -2.25. The Morgan fingerprint density at radius 3 is 2.75 bits per heavy atom. The van der Waals surface area contributed by atoms with Crippen LogP contribution >= 0.6 is 11.6 Å². The monoisotopic (exact) mass is 292 g/mol. The van der Waals surface area contributed by atoms with E-state index in [9.17, 15) is 0 Å². The van der Waals surface area contributed by atoms with E-state index < -0.39 is 0 Å². The second-order valence-electron chi connectivity index (χ2n) is 6.12. The lowest BCUT2D eigenvalue weighted by molar-refractivity contribution is 0.282. The van der Waals surface area contributed by atoms with Crippen LogP contribution in [0.3, 0.4) is 0 Å². The Bertz CT molecular complexity index is 614. The summed E-state index contributed by atoms with van der Waals surface area (Å²) in [6.45, 7) is 3.39. The summed E-state index contributed by atoms with van der Waals surface area (Å²) in [4.78, 5) is 4.66. The normalized spacial score (nSPS) is 17.8. The van der Waals surface area contributed by atoms with Crippen molar-refractivity contribution in [3.05, 3.63) is 24.0 Å². The zero-order chi connectivity index (χ0) is 14.2. The van der Waals surface area contributed by atoms with Crippen LogP contribution in [0.15, 0.2) is 18.2 Å². The number of benzene rings is 1. The SMILES string of the molecule is COc1ccc2c(c1)nc(CCl)n2CC1(C)CCCC1. The highest BCUT2D eigenvalue weighted by Gasteiger charge is 2.30. The van der Waals surface area contributed by atoms with E-state index in [0.29, 0.717) is 11.3 Å². The highest BCUT2D eigenvalue weighted by molar-refractivity contribution is 6.16. The van der Waals surface area contributed by atoms with Gasteiger partial charge in [0.15, 0.2) is 0 Å². The molecule has 1 saturated carbocycles. The number of ether oxygens (including phenoxy) is 1. The van der Waals surface area contributed by atoms with Gasteiger partial charge >= 0.3 is 0 Å². The van der Waals surface area contributed by atoms with E-state index in [1.54, 1.807) is 7.11 Å². The highest BCUT2D eigenvalue weighted by atomic mass is 35.5. The molecule has 0 N–H and O–H groups in total. The third kappa shape index (κ3) is 2.39. The molecule has 0 bridgehead atoms. The van der Waals surface area contributed by atoms with E-state index in [1.807, 2.05) is 12.1 Å². The number of methoxy groups -OCH3 is 1. The molecule has 1 aliphatic carbocycles. The van der Waals surface area contributed by atoms with Gasteiger partial charge < -0.3 is 9.30 Å². The molecule has 20 heavy (non-hydrogen) atoms. The molecule has 2 aromatic rings. The fourth-order valence-corrected chi connectivity index (χ4v) is 3.54. The summed E-state index contributed by atoms with van der Waals surface area (Å²) in [6.07, 6.45) is 5.27. The van der Waals surface area contributed by atoms with Crippen molar-refractivity contribution in [3.8, 4) is 5.75 Å². The first-order valence-corrected chi connectivity index (χ1v) is 7.78. The fraction of sp³-hybridized carbons (Fsp3) is 0.562. The molecule has 1 heterocycles. The van der Waals surface area contributed by atoms with Crippen molar-refractivity contribution in [2.75, 3.05) is 7.11 Å². The molecule has 0 amide bonds. The molecule has 0 radical (unpaired) electrons. The molecule has 0 unspecified atom stereocenters. The largest absolute Gasteiger partial charge is 0.497 e. The highest BCUT2D eigenvalue weighted by Crippen LogP contribution is 2.40. The van der Waals surface area contributed by atoms with Crippen LogP contribution < -0.4 is 4.74 Å². The van der Waals surface area contributed by atoms with E-state index in [-0.39, 0.29) is 0 Å². The Kier molecular flexibility index (Phi) is 3.63. The van der Waals surface area contributed by atoms with E-state index in [1.165, 1.54) is 25.7 Å². The van der Waals surface area contributed by atoms with Gasteiger partial charge in [0.1, 0.15) is 11.6 Å². The van der Waals surface area contributed by atoms with Gasteiger partial charge in [0.05, 0.1) is 24.0 Å². The van der Waals surface area contributed by atoms with Crippen molar-refractivity contribution in [1.29, 1.82) is 0 Å². The summed E-state index contributed by atoms with van der Waals surface area (Å²) >= 11 is 6.09. The van der Waals surface area contributed by atoms with Crippen LogP contribution in [-0.2, 0) is 12.4 Å². The van der Waals surface area contributed by atoms with Crippen LogP contribution in [0, 0.1) is 5.41 Å². The minimum Gasteiger partial charge on any atom is -0.497 e. The van der Waals surface area contributed by atoms with Crippen molar-refractivity contribution < 1.29 is 4.74 Å². The predicted octanol–water partition coefficient (Wildman–Crippen LogP) is 4.36. The van der Waals surface area contributed by atoms with Crippen molar-refractivity contribution in [2.24, 2.45) is 5.41 Å². The molecule has 4 heteroatoms. The lowest BCUT2D eigenvalue weighted by atomic mass is 9.89. The van der Waals surface area contributed by atoms with E-state index in [2.05, 4.69) is 22.5 Å². The maximum atomic E-state index is 6.09. The molecule has 108 valence electrons. The molecule has 1 aliphatic rings. The van der Waals surface area contributed by atoms with Crippen LogP contribution in [0.25, 0.3) is 11.0 Å². The summed E-state index contributed by atoms with van der Waals surface area (Å²) in [7, 11) is 1.68. The Morgan fingerprint density at radius 1 is 1.35 bits per heavy atom. The molecular weight excluding hydrogens is 272 g/mol. The van der Waals surface area contributed by atoms with Gasteiger partial charge in [-0.25, -0.2) is 4.98 Å². The Morgan fingerprint density at radius 2 is 2.10 bits per heavy atom. The minimum atomic E-state index is 0.383. The summed E-state index contributed by atoms with van der Waals surface area (Å²) in [5.41, 5.74) is 2.52. The molecule has 1 aromatic carbocycles. The first-order valence-electron chi connectivity index (χ1n) is 7.24. The molecule has 1 fully saturated rings. The first-order chi connectivity index (χ1) is 9.65. The summed E-state index contributed by atoms with van der Waals surface area (Å²) in [6, 6.07) is 6.07. The van der Waals surface area contributed by atoms with Gasteiger partial charge in [0, 0.05) is 12.6 Å². The average molecular weight is 293 g/mol. The van der Waals surface area contributed by atoms with Crippen molar-refractivity contribution >= 4 is 22.6 Å². The number of imidazole rings is 1. The molecule has 0 aliphatic heterocycles. The van der Waals surface area contributed by atoms with Crippen LogP contribution in [-0.4, -0.2) is 16.7 Å². The minimum absolute atomic E-state index is 0.383. The van der Waals surface area contributed by atoms with Crippen LogP contribution in [0.1, 0.15) is 38.4 Å². The summed E-state index contributed by atoms with van der Waals surface area (Å²) in [5, 5.41) is 0. The molecule has 0 atom stereocenters. The number of aromatic nitrogens is 2. The quantitative estimate of drug-likeness (QED) is 0.783. The first kappa shape index (κ1) is 13.7. The predicted molar refractivity (Wildman–Crippen MR) is 82.4 cm³/mol. The van der Waals surface area contributed by atoms with Gasteiger partial charge in [-0.2, -0.15) is 0 Å². The topological polar surface area (TPSA) is 27.1 Å². The number of hydrogen-bond donors (Lipinski definition) is 0. The number of halogens is 1. The zero-order valence-electron chi connectivity index (χ0n) is 12.2. The van der Waals surface area contributed by atoms with E-state index in [0.717, 1.165) is 29.2 Å². The third-order valence-electron chi connectivity index (χ3n) is 4.50. The van der Waals surface area contributed by atoms with Crippen molar-refractivity contribution in [1.82, 2.24) is 9.55 Å². The number of hydrogen-bond acceptors (Lipinski definition) is 2. The second kappa shape index (κ2) is 5.28. The maximum Gasteiger partial charge on any atom is 0.124 e. The summed E-state index contributed by atoms with van der Waals surface area (Å²) in [5.74, 6) is 2.26. The Balaban J connectivity index is 2.03. The van der Waals surface area contributed by atoms with E-state index in [4.69, 9.17) is 16.3 Å². The molecule has 0 spiro atoms. The molecule has 3 nitrogen and oxygen atoms in total. The lowest BCUT2D eigenvalue weighted by Crippen LogP contribution is -2.20. The zero-order valence-corrected chi connectivity index (χ0v) is 12.9. The number of rotatable bonds is 4. The van der Waals surface area contributed by atoms with Crippen LogP contribution in [0.4, 0.5) is 0 Å². The summed E-state index contributed by atoms with van der Waals surface area (Å²) < 4.78 is 7.57. The van der Waals surface area contributed by atoms with Crippen LogP contribution in [0.2, 0.25) is 0 Å². The van der Waals surface area contributed by atoms with Crippen LogP contribution in [0.5, 0.6) is 5.75 Å². The number of alkyl halides is 1. The van der Waals surface area contributed by atoms with E-state index >= 15 is 0 Å². The molecule has 0 saturated heterocycles. The smallest absolute Gasteiger partial charge is 0.124 e. The standard InChI is InChI=1S/C16H21ClN2O/c1-16(7-3-4-8-16)11-19-14-6-5-12(20-2)9-13(14)18-15(19)10-17/h5-6,9H,3-4,7-8,10-11H2,1-2H3. The average Bonchev–Trinajstić information content (AvgIpc) is 3.03. The number of fused-ring (bicyclic) bond motifs is 1. The molecule has 3 rings (SSSR count). The number of nitrogens with zero attached hydrogens (tertiary/aromatic N) is 2. The second-order valence-corrected chi connectivity index (χ2v) is 6.39. The van der Waals surface area contributed by atoms with Gasteiger partial charge in [0.25, 0.3) is 0 Å². The van der Waals surface area contributed by atoms with Gasteiger partial charge in [-0.1, -0.05) is 19.8 Å². The van der Waals surface area contributed by atoms with Crippen molar-refractivity contribution in [2.45, 2.75) is 45.0 Å². The van der Waals surface area contributed by atoms with Gasteiger partial charge in [-0.15, -0.1) is 11.6 Å². The third-order valence-corrected chi connectivity index (χ3v) is 4.74. The van der Waals surface area contributed by atoms with Gasteiger partial charge in [-0.05, 0) is 30.4 Å². The Hall–Kier alpha value is -1.22. The fourth-order valence-electron chi connectivity index (χ4n) is 3.33. The van der Waals surface area contributed by atoms with Gasteiger partial charge in [-0.3, -0.25) is 0 Å². The molecule has 1 aromatic heterocycles. The van der Waals surface area contributed by atoms with Gasteiger partial charge in [0.2, 0.25) is 0 Å².